The van der Waals surface area contributed by atoms with Gasteiger partial charge in [0.05, 0.1) is 33.1 Å². The largest absolute Gasteiger partial charge is 0.506 e. The summed E-state index contributed by atoms with van der Waals surface area (Å²) in [6, 6.07) is 10.3. The van der Waals surface area contributed by atoms with Crippen LogP contribution >= 0.6 is 0 Å². The molecule has 0 saturated heterocycles. The van der Waals surface area contributed by atoms with Crippen molar-refractivity contribution in [2.45, 2.75) is 39.2 Å². The zero-order valence-electron chi connectivity index (χ0n) is 20.5. The maximum absolute atomic E-state index is 13.2. The Kier molecular flexibility index (Phi) is 8.72. The first-order valence-electron chi connectivity index (χ1n) is 11.4. The molecule has 1 amide bonds. The first-order valence-corrected chi connectivity index (χ1v) is 11.4. The maximum atomic E-state index is 13.2. The molecule has 186 valence electrons. The zero-order valence-corrected chi connectivity index (χ0v) is 20.5. The second kappa shape index (κ2) is 11.9. The van der Waals surface area contributed by atoms with Crippen LogP contribution in [0.1, 0.15) is 48.5 Å². The van der Waals surface area contributed by atoms with Crippen molar-refractivity contribution in [1.29, 1.82) is 0 Å². The third-order valence-corrected chi connectivity index (χ3v) is 5.71. The smallest absolute Gasteiger partial charge is 0.280 e. The minimum absolute atomic E-state index is 0.351. The third kappa shape index (κ3) is 5.56. The lowest BCUT2D eigenvalue weighted by Gasteiger charge is -2.14. The van der Waals surface area contributed by atoms with Gasteiger partial charge in [-0.05, 0) is 24.6 Å². The number of pyridine rings is 1. The van der Waals surface area contributed by atoms with E-state index in [2.05, 4.69) is 17.5 Å². The molecule has 0 aliphatic carbocycles. The Balaban J connectivity index is 1.93. The highest BCUT2D eigenvalue weighted by Crippen LogP contribution is 2.33. The molecule has 1 aromatic heterocycles. The van der Waals surface area contributed by atoms with Gasteiger partial charge < -0.3 is 23.9 Å². The molecule has 35 heavy (non-hydrogen) atoms. The van der Waals surface area contributed by atoms with E-state index >= 15 is 0 Å². The minimum Gasteiger partial charge on any atom is -0.506 e. The number of hydrogen-bond acceptors (Lipinski definition) is 7. The molecule has 0 aliphatic heterocycles. The molecule has 9 heteroatoms. The van der Waals surface area contributed by atoms with Crippen molar-refractivity contribution in [2.24, 2.45) is 5.10 Å². The van der Waals surface area contributed by atoms with Crippen LogP contribution in [0.4, 0.5) is 0 Å². The highest BCUT2D eigenvalue weighted by Gasteiger charge is 2.22. The molecular weight excluding hydrogens is 450 g/mol. The minimum atomic E-state index is -0.809. The molecule has 0 unspecified atom stereocenters. The predicted molar refractivity (Wildman–Crippen MR) is 135 cm³/mol. The number of methoxy groups -OCH3 is 3. The normalized spacial score (nSPS) is 11.1. The SMILES string of the molecule is CCCCCCn1c(=O)c(C(=O)N/N=C/c2cc(OC)c(OC)cc2OC)c(O)c2ccccc21. The Morgan fingerprint density at radius 3 is 2.40 bits per heavy atom. The van der Waals surface area contributed by atoms with Gasteiger partial charge in [0, 0.05) is 23.6 Å². The number of hydrazone groups is 1. The molecule has 0 atom stereocenters. The van der Waals surface area contributed by atoms with E-state index in [1.165, 1.54) is 27.5 Å². The Hall–Kier alpha value is -4.01. The highest BCUT2D eigenvalue weighted by molar-refractivity contribution is 6.02. The van der Waals surface area contributed by atoms with Crippen LogP contribution in [-0.4, -0.2) is 43.1 Å². The van der Waals surface area contributed by atoms with Crippen LogP contribution in [0.2, 0.25) is 0 Å². The van der Waals surface area contributed by atoms with Gasteiger partial charge in [0.1, 0.15) is 17.1 Å². The Bertz CT molecular complexity index is 1280. The van der Waals surface area contributed by atoms with Crippen molar-refractivity contribution in [2.75, 3.05) is 21.3 Å². The standard InChI is InChI=1S/C26H31N3O6/c1-5-6-7-10-13-29-19-12-9-8-11-18(19)24(30)23(26(29)32)25(31)28-27-16-17-14-21(34-3)22(35-4)15-20(17)33-2/h8-9,11-12,14-16,30H,5-7,10,13H2,1-4H3,(H,28,31)/b27-16+. The summed E-state index contributed by atoms with van der Waals surface area (Å²) in [4.78, 5) is 26.2. The quantitative estimate of drug-likeness (QED) is 0.243. The first kappa shape index (κ1) is 25.6. The fourth-order valence-electron chi connectivity index (χ4n) is 3.88. The van der Waals surface area contributed by atoms with Gasteiger partial charge in [0.25, 0.3) is 11.5 Å². The number of rotatable bonds is 11. The number of amides is 1. The van der Waals surface area contributed by atoms with Gasteiger partial charge in [-0.3, -0.25) is 9.59 Å². The van der Waals surface area contributed by atoms with Crippen LogP contribution in [0.15, 0.2) is 46.3 Å². The van der Waals surface area contributed by atoms with Gasteiger partial charge >= 0.3 is 0 Å². The number of aryl methyl sites for hydroxylation is 1. The van der Waals surface area contributed by atoms with E-state index in [1.54, 1.807) is 41.0 Å². The highest BCUT2D eigenvalue weighted by atomic mass is 16.5. The second-order valence-electron chi connectivity index (χ2n) is 7.91. The third-order valence-electron chi connectivity index (χ3n) is 5.71. The van der Waals surface area contributed by atoms with Crippen LogP contribution in [0.5, 0.6) is 23.0 Å². The van der Waals surface area contributed by atoms with Crippen LogP contribution in [0, 0.1) is 0 Å². The number of aromatic hydroxyl groups is 1. The molecule has 9 nitrogen and oxygen atoms in total. The van der Waals surface area contributed by atoms with E-state index in [0.717, 1.165) is 25.7 Å². The molecule has 3 rings (SSSR count). The van der Waals surface area contributed by atoms with E-state index in [0.29, 0.717) is 40.3 Å². The number of nitrogens with zero attached hydrogens (tertiary/aromatic N) is 2. The van der Waals surface area contributed by atoms with Gasteiger partial charge in [-0.1, -0.05) is 38.3 Å². The summed E-state index contributed by atoms with van der Waals surface area (Å²) in [5, 5.41) is 15.2. The molecular formula is C26H31N3O6. The van der Waals surface area contributed by atoms with Crippen LogP contribution < -0.4 is 25.2 Å². The van der Waals surface area contributed by atoms with Crippen LogP contribution in [0.25, 0.3) is 10.9 Å². The van der Waals surface area contributed by atoms with E-state index < -0.39 is 11.5 Å². The number of carbonyl (C=O) groups excluding carboxylic acids is 1. The molecule has 0 saturated carbocycles. The van der Waals surface area contributed by atoms with E-state index in [1.807, 2.05) is 0 Å². The predicted octanol–water partition coefficient (Wildman–Crippen LogP) is 4.08. The molecule has 0 aliphatic rings. The van der Waals surface area contributed by atoms with Crippen molar-refractivity contribution in [3.05, 3.63) is 57.9 Å². The molecule has 0 radical (unpaired) electrons. The fourth-order valence-corrected chi connectivity index (χ4v) is 3.88. The topological polar surface area (TPSA) is 111 Å². The average Bonchev–Trinajstić information content (AvgIpc) is 2.87. The Labute approximate surface area is 203 Å². The monoisotopic (exact) mass is 481 g/mol. The Morgan fingerprint density at radius 1 is 1.03 bits per heavy atom. The van der Waals surface area contributed by atoms with Gasteiger partial charge in [0.2, 0.25) is 0 Å². The number of benzene rings is 2. The number of nitrogens with one attached hydrogen (secondary N) is 1. The van der Waals surface area contributed by atoms with Gasteiger partial charge in [-0.15, -0.1) is 0 Å². The van der Waals surface area contributed by atoms with E-state index in [-0.39, 0.29) is 11.3 Å². The molecule has 2 N–H and O–H groups in total. The Morgan fingerprint density at radius 2 is 1.71 bits per heavy atom. The molecule has 2 aromatic carbocycles. The van der Waals surface area contributed by atoms with Crippen LogP contribution in [0.3, 0.4) is 0 Å². The summed E-state index contributed by atoms with van der Waals surface area (Å²) >= 11 is 0. The van der Waals surface area contributed by atoms with Crippen molar-refractivity contribution in [1.82, 2.24) is 9.99 Å². The number of aromatic nitrogens is 1. The zero-order chi connectivity index (χ0) is 25.4. The molecule has 1 heterocycles. The lowest BCUT2D eigenvalue weighted by atomic mass is 10.1. The summed E-state index contributed by atoms with van der Waals surface area (Å²) in [7, 11) is 4.51. The molecule has 3 aromatic rings. The summed E-state index contributed by atoms with van der Waals surface area (Å²) in [5.41, 5.74) is 2.53. The maximum Gasteiger partial charge on any atom is 0.280 e. The summed E-state index contributed by atoms with van der Waals surface area (Å²) in [5.74, 6) is 0.206. The number of unbranched alkanes of at least 4 members (excludes halogenated alkanes) is 3. The van der Waals surface area contributed by atoms with Gasteiger partial charge in [0.15, 0.2) is 11.5 Å². The van der Waals surface area contributed by atoms with Crippen molar-refractivity contribution < 1.29 is 24.1 Å². The van der Waals surface area contributed by atoms with Crippen LogP contribution in [-0.2, 0) is 6.54 Å². The van der Waals surface area contributed by atoms with E-state index in [4.69, 9.17) is 14.2 Å². The van der Waals surface area contributed by atoms with Crippen molar-refractivity contribution in [3.8, 4) is 23.0 Å². The summed E-state index contributed by atoms with van der Waals surface area (Å²) < 4.78 is 17.5. The average molecular weight is 482 g/mol. The van der Waals surface area contributed by atoms with Crippen molar-refractivity contribution >= 4 is 23.0 Å². The number of fused-ring (bicyclic) bond motifs is 1. The van der Waals surface area contributed by atoms with Gasteiger partial charge in [-0.2, -0.15) is 5.10 Å². The summed E-state index contributed by atoms with van der Waals surface area (Å²) in [6.07, 6.45) is 5.26. The number of hydrogen-bond donors (Lipinski definition) is 2. The van der Waals surface area contributed by atoms with Gasteiger partial charge in [-0.25, -0.2) is 5.43 Å². The number of para-hydroxylation sites is 1. The molecule has 0 spiro atoms. The number of ether oxygens (including phenoxy) is 3. The second-order valence-corrected chi connectivity index (χ2v) is 7.91. The lowest BCUT2D eigenvalue weighted by Crippen LogP contribution is -2.31. The fraction of sp³-hybridized carbons (Fsp3) is 0.346. The first-order chi connectivity index (χ1) is 17.0. The molecule has 0 bridgehead atoms. The lowest BCUT2D eigenvalue weighted by molar-refractivity contribution is 0.0950. The van der Waals surface area contributed by atoms with Crippen molar-refractivity contribution in [3.63, 3.8) is 0 Å². The van der Waals surface area contributed by atoms with E-state index in [9.17, 15) is 14.7 Å². The summed E-state index contributed by atoms with van der Waals surface area (Å²) in [6.45, 7) is 2.56. The number of carbonyl (C=O) groups is 1. The molecule has 0 fully saturated rings.